The van der Waals surface area contributed by atoms with Crippen LogP contribution in [-0.2, 0) is 6.54 Å². The molecule has 0 unspecified atom stereocenters. The Balaban J connectivity index is 1.95. The minimum atomic E-state index is -0.336. The zero-order valence-electron chi connectivity index (χ0n) is 9.37. The molecule has 2 heterocycles. The number of nitrogens with one attached hydrogen (secondary N) is 2. The van der Waals surface area contributed by atoms with Crippen LogP contribution >= 0.6 is 0 Å². The normalized spacial score (nSPS) is 9.83. The Morgan fingerprint density at radius 2 is 2.11 bits per heavy atom. The third-order valence-electron chi connectivity index (χ3n) is 2.10. The van der Waals surface area contributed by atoms with Gasteiger partial charge < -0.3 is 10.7 Å². The summed E-state index contributed by atoms with van der Waals surface area (Å²) in [5.74, 6) is 5.20. The number of nitrogen functional groups attached to an aromatic ring is 1. The Morgan fingerprint density at radius 3 is 2.72 bits per heavy atom. The lowest BCUT2D eigenvalue weighted by atomic mass is 10.3. The van der Waals surface area contributed by atoms with Crippen LogP contribution in [0.5, 0.6) is 0 Å². The summed E-state index contributed by atoms with van der Waals surface area (Å²) in [6.45, 7) is 0.283. The number of carbonyl (C=O) groups is 1. The third-order valence-corrected chi connectivity index (χ3v) is 2.10. The van der Waals surface area contributed by atoms with Crippen molar-refractivity contribution in [2.24, 2.45) is 5.84 Å². The van der Waals surface area contributed by atoms with Gasteiger partial charge in [0.1, 0.15) is 0 Å². The molecule has 2 aromatic heterocycles. The van der Waals surface area contributed by atoms with Crippen molar-refractivity contribution in [3.8, 4) is 0 Å². The fourth-order valence-corrected chi connectivity index (χ4v) is 1.22. The quantitative estimate of drug-likeness (QED) is 0.490. The molecule has 4 N–H and O–H groups in total. The molecule has 92 valence electrons. The van der Waals surface area contributed by atoms with Gasteiger partial charge >= 0.3 is 0 Å². The third kappa shape index (κ3) is 2.95. The maximum Gasteiger partial charge on any atom is 0.272 e. The Hall–Kier alpha value is -2.61. The average molecular weight is 245 g/mol. The topological polar surface area (TPSA) is 119 Å². The van der Waals surface area contributed by atoms with Crippen molar-refractivity contribution in [1.82, 2.24) is 25.7 Å². The molecule has 8 nitrogen and oxygen atoms in total. The number of rotatable bonds is 4. The zero-order valence-corrected chi connectivity index (χ0v) is 9.37. The van der Waals surface area contributed by atoms with E-state index in [0.29, 0.717) is 11.5 Å². The van der Waals surface area contributed by atoms with Gasteiger partial charge in [-0.15, -0.1) is 10.2 Å². The number of amides is 1. The predicted octanol–water partition coefficient (Wildman–Crippen LogP) is -0.518. The maximum absolute atomic E-state index is 11.7. The Kier molecular flexibility index (Phi) is 3.72. The van der Waals surface area contributed by atoms with Crippen LogP contribution in [0.1, 0.15) is 16.2 Å². The minimum Gasteiger partial charge on any atom is -0.345 e. The highest BCUT2D eigenvalue weighted by Gasteiger charge is 2.07. The zero-order chi connectivity index (χ0) is 12.8. The fourth-order valence-electron chi connectivity index (χ4n) is 1.22. The number of nitrogens with two attached hydrogens (primary N) is 1. The Bertz CT molecular complexity index is 514. The van der Waals surface area contributed by atoms with Crippen molar-refractivity contribution in [2.45, 2.75) is 6.54 Å². The molecule has 1 amide bonds. The van der Waals surface area contributed by atoms with Crippen LogP contribution < -0.4 is 16.6 Å². The molecule has 0 atom stereocenters. The van der Waals surface area contributed by atoms with Crippen LogP contribution in [-0.4, -0.2) is 26.3 Å². The van der Waals surface area contributed by atoms with Crippen molar-refractivity contribution >= 4 is 11.7 Å². The Morgan fingerprint density at radius 1 is 1.22 bits per heavy atom. The summed E-state index contributed by atoms with van der Waals surface area (Å²) in [4.78, 5) is 11.7. The number of aromatic nitrogens is 4. The highest BCUT2D eigenvalue weighted by Crippen LogP contribution is 2.00. The van der Waals surface area contributed by atoms with Gasteiger partial charge in [-0.3, -0.25) is 4.79 Å². The summed E-state index contributed by atoms with van der Waals surface area (Å²) in [6, 6.07) is 6.59. The van der Waals surface area contributed by atoms with Crippen LogP contribution in [0.4, 0.5) is 5.82 Å². The van der Waals surface area contributed by atoms with E-state index in [1.54, 1.807) is 24.4 Å². The lowest BCUT2D eigenvalue weighted by molar-refractivity contribution is 0.0944. The molecular formula is C10H11N7O. The van der Waals surface area contributed by atoms with E-state index in [0.717, 1.165) is 0 Å². The van der Waals surface area contributed by atoms with Gasteiger partial charge in [0.25, 0.3) is 5.91 Å². The van der Waals surface area contributed by atoms with Gasteiger partial charge in [-0.2, -0.15) is 10.2 Å². The van der Waals surface area contributed by atoms with Crippen LogP contribution in [0.25, 0.3) is 0 Å². The lowest BCUT2D eigenvalue weighted by Gasteiger charge is -2.03. The number of anilines is 1. The molecule has 0 aliphatic carbocycles. The number of hydrazine groups is 1. The summed E-state index contributed by atoms with van der Waals surface area (Å²) >= 11 is 0. The van der Waals surface area contributed by atoms with Crippen molar-refractivity contribution < 1.29 is 4.79 Å². The summed E-state index contributed by atoms with van der Waals surface area (Å²) in [5, 5.41) is 17.6. The summed E-state index contributed by atoms with van der Waals surface area (Å²) in [5.41, 5.74) is 3.20. The van der Waals surface area contributed by atoms with Crippen molar-refractivity contribution in [3.63, 3.8) is 0 Å². The van der Waals surface area contributed by atoms with Gasteiger partial charge in [0.2, 0.25) is 0 Å². The van der Waals surface area contributed by atoms with Crippen molar-refractivity contribution in [1.29, 1.82) is 0 Å². The molecule has 0 aliphatic heterocycles. The van der Waals surface area contributed by atoms with Crippen LogP contribution in [0.2, 0.25) is 0 Å². The van der Waals surface area contributed by atoms with E-state index in [2.05, 4.69) is 31.1 Å². The SMILES string of the molecule is NNc1ccc(C(=O)NCc2cccnn2)nn1. The van der Waals surface area contributed by atoms with Crippen LogP contribution in [0.3, 0.4) is 0 Å². The predicted molar refractivity (Wildman–Crippen MR) is 63.0 cm³/mol. The van der Waals surface area contributed by atoms with Crippen LogP contribution in [0, 0.1) is 0 Å². The number of carbonyl (C=O) groups excluding carboxylic acids is 1. The molecule has 0 aromatic carbocycles. The summed E-state index contributed by atoms with van der Waals surface area (Å²) in [6.07, 6.45) is 1.56. The van der Waals surface area contributed by atoms with E-state index in [9.17, 15) is 4.79 Å². The largest absolute Gasteiger partial charge is 0.345 e. The fraction of sp³-hybridized carbons (Fsp3) is 0.100. The molecule has 0 spiro atoms. The van der Waals surface area contributed by atoms with E-state index in [-0.39, 0.29) is 18.1 Å². The van der Waals surface area contributed by atoms with E-state index in [1.807, 2.05) is 0 Å². The van der Waals surface area contributed by atoms with Gasteiger partial charge in [0.05, 0.1) is 12.2 Å². The molecule has 0 radical (unpaired) electrons. The molecule has 0 saturated carbocycles. The van der Waals surface area contributed by atoms with Crippen LogP contribution in [0.15, 0.2) is 30.5 Å². The monoisotopic (exact) mass is 245 g/mol. The van der Waals surface area contributed by atoms with Gasteiger partial charge in [-0.25, -0.2) is 5.84 Å². The first-order chi connectivity index (χ1) is 8.79. The molecule has 2 aromatic rings. The maximum atomic E-state index is 11.7. The van der Waals surface area contributed by atoms with Gasteiger partial charge in [-0.1, -0.05) is 0 Å². The lowest BCUT2D eigenvalue weighted by Crippen LogP contribution is -2.25. The highest BCUT2D eigenvalue weighted by molar-refractivity contribution is 5.92. The highest BCUT2D eigenvalue weighted by atomic mass is 16.1. The molecule has 8 heteroatoms. The first-order valence-electron chi connectivity index (χ1n) is 5.14. The second-order valence-electron chi connectivity index (χ2n) is 3.35. The van der Waals surface area contributed by atoms with E-state index in [1.165, 1.54) is 6.07 Å². The number of hydrogen-bond acceptors (Lipinski definition) is 7. The molecule has 0 fully saturated rings. The summed E-state index contributed by atoms with van der Waals surface area (Å²) in [7, 11) is 0. The summed E-state index contributed by atoms with van der Waals surface area (Å²) < 4.78 is 0. The van der Waals surface area contributed by atoms with Gasteiger partial charge in [0, 0.05) is 6.20 Å². The second-order valence-corrected chi connectivity index (χ2v) is 3.35. The molecule has 2 rings (SSSR count). The standard InChI is InChI=1S/C10H11N7O/c11-14-9-4-3-8(16-17-9)10(18)12-6-7-2-1-5-13-15-7/h1-5H,6,11H2,(H,12,18)(H,14,17). The minimum absolute atomic E-state index is 0.206. The molecule has 0 saturated heterocycles. The smallest absolute Gasteiger partial charge is 0.272 e. The number of hydrogen-bond donors (Lipinski definition) is 3. The van der Waals surface area contributed by atoms with Crippen molar-refractivity contribution in [3.05, 3.63) is 41.9 Å². The van der Waals surface area contributed by atoms with Gasteiger partial charge in [0.15, 0.2) is 11.5 Å². The molecule has 0 aliphatic rings. The van der Waals surface area contributed by atoms with E-state index in [4.69, 9.17) is 5.84 Å². The number of nitrogens with zero attached hydrogens (tertiary/aromatic N) is 4. The molecular weight excluding hydrogens is 234 g/mol. The Labute approximate surface area is 103 Å². The van der Waals surface area contributed by atoms with Crippen molar-refractivity contribution in [2.75, 3.05) is 5.43 Å². The van der Waals surface area contributed by atoms with E-state index >= 15 is 0 Å². The first kappa shape index (κ1) is 11.9. The van der Waals surface area contributed by atoms with Gasteiger partial charge in [-0.05, 0) is 24.3 Å². The first-order valence-corrected chi connectivity index (χ1v) is 5.14. The molecule has 18 heavy (non-hydrogen) atoms. The molecule has 0 bridgehead atoms. The second kappa shape index (κ2) is 5.64. The van der Waals surface area contributed by atoms with E-state index < -0.39 is 0 Å². The average Bonchev–Trinajstić information content (AvgIpc) is 2.46.